The monoisotopic (exact) mass is 225 g/mol. The minimum atomic E-state index is 0.226. The molecule has 2 atom stereocenters. The number of hydrogen-bond acceptors (Lipinski definition) is 1. The molecule has 1 fully saturated rings. The summed E-state index contributed by atoms with van der Waals surface area (Å²) in [6.07, 6.45) is 3.50. The minimum Gasteiger partial charge on any atom is -0.356 e. The first-order valence-corrected chi connectivity index (χ1v) is 6.65. The van der Waals surface area contributed by atoms with Gasteiger partial charge in [-0.05, 0) is 43.4 Å². The van der Waals surface area contributed by atoms with Crippen LogP contribution < -0.4 is 5.32 Å². The predicted octanol–water partition coefficient (Wildman–Crippen LogP) is 3.22. The average Bonchev–Trinajstić information content (AvgIpc) is 2.16. The summed E-state index contributed by atoms with van der Waals surface area (Å²) in [5.74, 6) is 1.68. The van der Waals surface area contributed by atoms with Crippen LogP contribution in [0.4, 0.5) is 0 Å². The molecule has 0 aromatic carbocycles. The molecule has 0 aromatic heterocycles. The summed E-state index contributed by atoms with van der Waals surface area (Å²) in [5, 5.41) is 3.00. The highest BCUT2D eigenvalue weighted by Gasteiger charge is 2.39. The lowest BCUT2D eigenvalue weighted by Crippen LogP contribution is -2.42. The van der Waals surface area contributed by atoms with E-state index in [1.54, 1.807) is 0 Å². The van der Waals surface area contributed by atoms with Crippen LogP contribution in [0.25, 0.3) is 0 Å². The summed E-state index contributed by atoms with van der Waals surface area (Å²) in [7, 11) is 0. The summed E-state index contributed by atoms with van der Waals surface area (Å²) in [4.78, 5) is 12.1. The highest BCUT2D eigenvalue weighted by atomic mass is 16.1. The topological polar surface area (TPSA) is 29.1 Å². The number of carbonyl (C=O) groups is 1. The van der Waals surface area contributed by atoms with E-state index in [0.717, 1.165) is 13.0 Å². The molecular weight excluding hydrogens is 198 g/mol. The van der Waals surface area contributed by atoms with E-state index in [4.69, 9.17) is 0 Å². The molecule has 0 spiro atoms. The maximum atomic E-state index is 12.1. The maximum absolute atomic E-state index is 12.1. The highest BCUT2D eigenvalue weighted by Crippen LogP contribution is 2.44. The van der Waals surface area contributed by atoms with Crippen molar-refractivity contribution in [3.8, 4) is 0 Å². The first kappa shape index (κ1) is 13.5. The van der Waals surface area contributed by atoms with Gasteiger partial charge in [-0.3, -0.25) is 4.79 Å². The predicted molar refractivity (Wildman–Crippen MR) is 68.1 cm³/mol. The van der Waals surface area contributed by atoms with E-state index in [9.17, 15) is 4.79 Å². The zero-order chi connectivity index (χ0) is 12.3. The van der Waals surface area contributed by atoms with Gasteiger partial charge in [0.25, 0.3) is 0 Å². The Morgan fingerprint density at radius 2 is 2.06 bits per heavy atom. The van der Waals surface area contributed by atoms with Crippen LogP contribution in [-0.2, 0) is 4.79 Å². The SMILES string of the molecule is CCNC(=O)C1CC(C)(C)CCC1C(C)C. The molecule has 1 rings (SSSR count). The Labute approximate surface area is 100 Å². The Bertz CT molecular complexity index is 245. The molecule has 1 aliphatic rings. The van der Waals surface area contributed by atoms with E-state index in [2.05, 4.69) is 33.0 Å². The maximum Gasteiger partial charge on any atom is 0.223 e. The zero-order valence-corrected chi connectivity index (χ0v) is 11.5. The molecule has 0 bridgehead atoms. The summed E-state index contributed by atoms with van der Waals surface area (Å²) >= 11 is 0. The van der Waals surface area contributed by atoms with Gasteiger partial charge in [-0.15, -0.1) is 0 Å². The smallest absolute Gasteiger partial charge is 0.223 e. The quantitative estimate of drug-likeness (QED) is 0.785. The Morgan fingerprint density at radius 3 is 2.56 bits per heavy atom. The van der Waals surface area contributed by atoms with Gasteiger partial charge in [-0.25, -0.2) is 0 Å². The Morgan fingerprint density at radius 1 is 1.44 bits per heavy atom. The molecule has 0 radical (unpaired) electrons. The number of nitrogens with one attached hydrogen (secondary N) is 1. The standard InChI is InChI=1S/C14H27NO/c1-6-15-13(16)12-9-14(4,5)8-7-11(12)10(2)3/h10-12H,6-9H2,1-5H3,(H,15,16). The van der Waals surface area contributed by atoms with Crippen LogP contribution in [-0.4, -0.2) is 12.5 Å². The third-order valence-electron chi connectivity index (χ3n) is 3.99. The third-order valence-corrected chi connectivity index (χ3v) is 3.99. The van der Waals surface area contributed by atoms with Crippen molar-refractivity contribution in [1.29, 1.82) is 0 Å². The first-order chi connectivity index (χ1) is 7.37. The molecule has 2 nitrogen and oxygen atoms in total. The van der Waals surface area contributed by atoms with Crippen molar-refractivity contribution < 1.29 is 4.79 Å². The van der Waals surface area contributed by atoms with Crippen molar-refractivity contribution in [3.05, 3.63) is 0 Å². The molecule has 0 aromatic rings. The average molecular weight is 225 g/mol. The van der Waals surface area contributed by atoms with Gasteiger partial charge in [0.15, 0.2) is 0 Å². The Kier molecular flexibility index (Phi) is 4.40. The molecule has 2 heteroatoms. The Balaban J connectivity index is 2.75. The van der Waals surface area contributed by atoms with Gasteiger partial charge in [0.05, 0.1) is 0 Å². The molecule has 94 valence electrons. The van der Waals surface area contributed by atoms with Crippen molar-refractivity contribution in [3.63, 3.8) is 0 Å². The van der Waals surface area contributed by atoms with Crippen molar-refractivity contribution in [1.82, 2.24) is 5.32 Å². The number of hydrogen-bond donors (Lipinski definition) is 1. The molecule has 0 aliphatic heterocycles. The van der Waals surface area contributed by atoms with Crippen molar-refractivity contribution in [2.24, 2.45) is 23.2 Å². The van der Waals surface area contributed by atoms with E-state index in [0.29, 0.717) is 17.3 Å². The fraction of sp³-hybridized carbons (Fsp3) is 0.929. The zero-order valence-electron chi connectivity index (χ0n) is 11.5. The molecular formula is C14H27NO. The van der Waals surface area contributed by atoms with Crippen molar-refractivity contribution in [2.75, 3.05) is 6.54 Å². The second kappa shape index (κ2) is 5.20. The van der Waals surface area contributed by atoms with E-state index >= 15 is 0 Å². The second-order valence-corrected chi connectivity index (χ2v) is 6.32. The largest absolute Gasteiger partial charge is 0.356 e. The third kappa shape index (κ3) is 3.23. The highest BCUT2D eigenvalue weighted by molar-refractivity contribution is 5.79. The number of amides is 1. The van der Waals surface area contributed by atoms with Crippen molar-refractivity contribution in [2.45, 2.75) is 53.9 Å². The van der Waals surface area contributed by atoms with Gasteiger partial charge in [0, 0.05) is 12.5 Å². The van der Waals surface area contributed by atoms with Crippen LogP contribution in [0.2, 0.25) is 0 Å². The van der Waals surface area contributed by atoms with E-state index < -0.39 is 0 Å². The first-order valence-electron chi connectivity index (χ1n) is 6.65. The van der Waals surface area contributed by atoms with Crippen LogP contribution in [0.1, 0.15) is 53.9 Å². The van der Waals surface area contributed by atoms with Gasteiger partial charge in [0.1, 0.15) is 0 Å². The molecule has 1 aliphatic carbocycles. The van der Waals surface area contributed by atoms with Gasteiger partial charge in [0.2, 0.25) is 5.91 Å². The number of carbonyl (C=O) groups excluding carboxylic acids is 1. The number of rotatable bonds is 3. The van der Waals surface area contributed by atoms with E-state index in [1.807, 2.05) is 6.92 Å². The fourth-order valence-corrected chi connectivity index (χ4v) is 3.00. The van der Waals surface area contributed by atoms with E-state index in [-0.39, 0.29) is 11.8 Å². The lowest BCUT2D eigenvalue weighted by Gasteiger charge is -2.41. The molecule has 2 unspecified atom stereocenters. The van der Waals surface area contributed by atoms with Gasteiger partial charge >= 0.3 is 0 Å². The molecule has 0 heterocycles. The van der Waals surface area contributed by atoms with Crippen LogP contribution in [0.5, 0.6) is 0 Å². The summed E-state index contributed by atoms with van der Waals surface area (Å²) in [5.41, 5.74) is 0.334. The van der Waals surface area contributed by atoms with Gasteiger partial charge < -0.3 is 5.32 Å². The van der Waals surface area contributed by atoms with Crippen molar-refractivity contribution >= 4 is 5.91 Å². The normalized spacial score (nSPS) is 29.1. The van der Waals surface area contributed by atoms with Gasteiger partial charge in [-0.2, -0.15) is 0 Å². The summed E-state index contributed by atoms with van der Waals surface area (Å²) < 4.78 is 0. The molecule has 1 saturated carbocycles. The molecule has 1 N–H and O–H groups in total. The Hall–Kier alpha value is -0.530. The fourth-order valence-electron chi connectivity index (χ4n) is 3.00. The molecule has 16 heavy (non-hydrogen) atoms. The summed E-state index contributed by atoms with van der Waals surface area (Å²) in [6, 6.07) is 0. The van der Waals surface area contributed by atoms with Crippen LogP contribution >= 0.6 is 0 Å². The molecule has 0 saturated heterocycles. The minimum absolute atomic E-state index is 0.226. The van der Waals surface area contributed by atoms with E-state index in [1.165, 1.54) is 12.8 Å². The summed E-state index contributed by atoms with van der Waals surface area (Å²) in [6.45, 7) is 11.8. The van der Waals surface area contributed by atoms with Crippen LogP contribution in [0.15, 0.2) is 0 Å². The van der Waals surface area contributed by atoms with Gasteiger partial charge in [-0.1, -0.05) is 27.7 Å². The van der Waals surface area contributed by atoms with Crippen LogP contribution in [0, 0.1) is 23.2 Å². The lowest BCUT2D eigenvalue weighted by atomic mass is 9.64. The lowest BCUT2D eigenvalue weighted by molar-refractivity contribution is -0.130. The second-order valence-electron chi connectivity index (χ2n) is 6.32. The van der Waals surface area contributed by atoms with Crippen LogP contribution in [0.3, 0.4) is 0 Å². The molecule has 1 amide bonds.